The van der Waals surface area contributed by atoms with Gasteiger partial charge in [-0.25, -0.2) is 14.5 Å². The summed E-state index contributed by atoms with van der Waals surface area (Å²) in [5, 5.41) is 15.0. The Hall–Kier alpha value is -4.60. The number of rotatable bonds is 11. The van der Waals surface area contributed by atoms with Gasteiger partial charge in [-0.2, -0.15) is 44.6 Å². The highest BCUT2D eigenvalue weighted by molar-refractivity contribution is 5.89. The van der Waals surface area contributed by atoms with E-state index in [0.717, 1.165) is 23.8 Å². The van der Waals surface area contributed by atoms with Gasteiger partial charge in [-0.3, -0.25) is 0 Å². The number of carboxylic acid groups (broad SMARTS) is 1. The molecule has 16 heteroatoms. The number of alkyl halides is 9. The predicted molar refractivity (Wildman–Crippen MR) is 142 cm³/mol. The SMILES string of the molecule is O=C(O)c1cnn(-c2cccc(-c3cccc(C(F)(F)F)c3OCc3ccc(CCCNCC(F)(F)F)cc3)n2)c1C(F)(F)F. The first-order valence-electron chi connectivity index (χ1n) is 13.1. The van der Waals surface area contributed by atoms with Crippen molar-refractivity contribution >= 4 is 5.97 Å². The highest BCUT2D eigenvalue weighted by atomic mass is 19.4. The van der Waals surface area contributed by atoms with Crippen LogP contribution in [0, 0.1) is 0 Å². The van der Waals surface area contributed by atoms with Crippen molar-refractivity contribution in [2.24, 2.45) is 0 Å². The molecule has 4 aromatic rings. The van der Waals surface area contributed by atoms with Gasteiger partial charge in [0.05, 0.1) is 24.0 Å². The summed E-state index contributed by atoms with van der Waals surface area (Å²) in [4.78, 5) is 15.4. The largest absolute Gasteiger partial charge is 0.488 e. The fourth-order valence-electron chi connectivity index (χ4n) is 4.37. The van der Waals surface area contributed by atoms with E-state index in [1.54, 1.807) is 24.3 Å². The number of nitrogens with one attached hydrogen (secondary N) is 1. The van der Waals surface area contributed by atoms with Crippen molar-refractivity contribution in [1.82, 2.24) is 20.1 Å². The number of halogens is 9. The van der Waals surface area contributed by atoms with Crippen LogP contribution in [-0.4, -0.2) is 45.1 Å². The summed E-state index contributed by atoms with van der Waals surface area (Å²) >= 11 is 0. The number of ether oxygens (including phenoxy) is 1. The first kappa shape index (κ1) is 33.3. The molecule has 0 amide bonds. The van der Waals surface area contributed by atoms with E-state index in [1.165, 1.54) is 18.2 Å². The number of aromatic carboxylic acids is 1. The van der Waals surface area contributed by atoms with E-state index in [-0.39, 0.29) is 29.1 Å². The molecule has 0 fully saturated rings. The van der Waals surface area contributed by atoms with E-state index in [1.807, 2.05) is 0 Å². The number of carboxylic acids is 1. The minimum absolute atomic E-state index is 0.134. The molecular weight excluding hydrogens is 623 g/mol. The van der Waals surface area contributed by atoms with Crippen molar-refractivity contribution in [1.29, 1.82) is 0 Å². The van der Waals surface area contributed by atoms with E-state index >= 15 is 0 Å². The van der Waals surface area contributed by atoms with Crippen LogP contribution in [0.4, 0.5) is 39.5 Å². The van der Waals surface area contributed by atoms with Gasteiger partial charge in [-0.05, 0) is 54.8 Å². The van der Waals surface area contributed by atoms with Crippen molar-refractivity contribution in [3.8, 4) is 22.8 Å². The number of para-hydroxylation sites is 1. The Labute approximate surface area is 249 Å². The lowest BCUT2D eigenvalue weighted by atomic mass is 10.0. The molecule has 4 rings (SSSR count). The van der Waals surface area contributed by atoms with Crippen LogP contribution >= 0.6 is 0 Å². The summed E-state index contributed by atoms with van der Waals surface area (Å²) in [5.74, 6) is -3.03. The maximum absolute atomic E-state index is 14.0. The van der Waals surface area contributed by atoms with Crippen LogP contribution in [0.25, 0.3) is 17.1 Å². The Morgan fingerprint density at radius 1 is 0.867 bits per heavy atom. The topological polar surface area (TPSA) is 89.3 Å². The molecule has 2 aromatic carbocycles. The number of nitrogens with zero attached hydrogens (tertiary/aromatic N) is 3. The third-order valence-electron chi connectivity index (χ3n) is 6.37. The summed E-state index contributed by atoms with van der Waals surface area (Å²) < 4.78 is 126. The summed E-state index contributed by atoms with van der Waals surface area (Å²) in [5.41, 5.74) is -3.09. The molecule has 0 aliphatic heterocycles. The molecule has 2 aromatic heterocycles. The third-order valence-corrected chi connectivity index (χ3v) is 6.37. The van der Waals surface area contributed by atoms with E-state index in [2.05, 4.69) is 15.4 Å². The summed E-state index contributed by atoms with van der Waals surface area (Å²) in [6.45, 7) is -1.31. The zero-order valence-electron chi connectivity index (χ0n) is 22.9. The molecule has 0 saturated heterocycles. The number of aryl methyl sites for hydroxylation is 1. The molecule has 0 radical (unpaired) electrons. The number of pyridine rings is 1. The Balaban J connectivity index is 1.59. The van der Waals surface area contributed by atoms with Crippen molar-refractivity contribution in [2.45, 2.75) is 38.0 Å². The molecule has 2 heterocycles. The van der Waals surface area contributed by atoms with Crippen LogP contribution in [0.1, 0.15) is 39.2 Å². The van der Waals surface area contributed by atoms with Crippen molar-refractivity contribution in [3.05, 3.63) is 94.8 Å². The van der Waals surface area contributed by atoms with Gasteiger partial charge in [0.25, 0.3) is 0 Å². The van der Waals surface area contributed by atoms with Gasteiger partial charge in [0.2, 0.25) is 0 Å². The van der Waals surface area contributed by atoms with Crippen LogP contribution in [-0.2, 0) is 25.4 Å². The number of aromatic nitrogens is 3. The zero-order chi connectivity index (χ0) is 33.0. The highest BCUT2D eigenvalue weighted by Gasteiger charge is 2.41. The lowest BCUT2D eigenvalue weighted by Gasteiger charge is -2.18. The Bertz CT molecular complexity index is 1630. The summed E-state index contributed by atoms with van der Waals surface area (Å²) in [6, 6.07) is 13.1. The molecule has 2 N–H and O–H groups in total. The molecule has 0 aliphatic carbocycles. The molecule has 45 heavy (non-hydrogen) atoms. The number of carbonyl (C=O) groups is 1. The van der Waals surface area contributed by atoms with Crippen LogP contribution in [0.3, 0.4) is 0 Å². The van der Waals surface area contributed by atoms with Gasteiger partial charge < -0.3 is 15.2 Å². The minimum Gasteiger partial charge on any atom is -0.488 e. The van der Waals surface area contributed by atoms with Gasteiger partial charge in [-0.1, -0.05) is 36.4 Å². The average molecular weight is 647 g/mol. The minimum atomic E-state index is -5.15. The molecule has 0 bridgehead atoms. The average Bonchev–Trinajstić information content (AvgIpc) is 3.42. The molecule has 0 spiro atoms. The monoisotopic (exact) mass is 646 g/mol. The second kappa shape index (κ2) is 13.2. The van der Waals surface area contributed by atoms with Gasteiger partial charge >= 0.3 is 24.5 Å². The zero-order valence-corrected chi connectivity index (χ0v) is 22.9. The quantitative estimate of drug-likeness (QED) is 0.131. The molecule has 0 unspecified atom stereocenters. The first-order valence-corrected chi connectivity index (χ1v) is 13.1. The lowest BCUT2D eigenvalue weighted by molar-refractivity contribution is -0.143. The molecule has 240 valence electrons. The molecule has 7 nitrogen and oxygen atoms in total. The Kier molecular flexibility index (Phi) is 9.75. The van der Waals surface area contributed by atoms with E-state index in [4.69, 9.17) is 4.74 Å². The van der Waals surface area contributed by atoms with E-state index in [9.17, 15) is 49.4 Å². The van der Waals surface area contributed by atoms with Crippen molar-refractivity contribution in [2.75, 3.05) is 13.1 Å². The normalized spacial score (nSPS) is 12.4. The lowest BCUT2D eigenvalue weighted by Crippen LogP contribution is -2.29. The van der Waals surface area contributed by atoms with Crippen molar-refractivity contribution < 1.29 is 54.2 Å². The second-order valence-electron chi connectivity index (χ2n) is 9.68. The fourth-order valence-corrected chi connectivity index (χ4v) is 4.37. The van der Waals surface area contributed by atoms with Gasteiger partial charge in [-0.15, -0.1) is 0 Å². The van der Waals surface area contributed by atoms with E-state index < -0.39 is 59.4 Å². The number of hydrogen-bond donors (Lipinski definition) is 2. The highest BCUT2D eigenvalue weighted by Crippen LogP contribution is 2.42. The smallest absolute Gasteiger partial charge is 0.434 e. The number of benzene rings is 2. The second-order valence-corrected chi connectivity index (χ2v) is 9.68. The maximum atomic E-state index is 14.0. The fraction of sp³-hybridized carbons (Fsp3) is 0.276. The Morgan fingerprint density at radius 3 is 2.16 bits per heavy atom. The van der Waals surface area contributed by atoms with Crippen LogP contribution in [0.2, 0.25) is 0 Å². The number of hydrogen-bond acceptors (Lipinski definition) is 5. The molecule has 0 saturated carbocycles. The third kappa shape index (κ3) is 8.53. The van der Waals surface area contributed by atoms with Crippen LogP contribution in [0.5, 0.6) is 5.75 Å². The maximum Gasteiger partial charge on any atom is 0.434 e. The van der Waals surface area contributed by atoms with Crippen LogP contribution in [0.15, 0.2) is 66.9 Å². The molecular formula is C29H23F9N4O3. The van der Waals surface area contributed by atoms with Crippen LogP contribution < -0.4 is 10.1 Å². The summed E-state index contributed by atoms with van der Waals surface area (Å²) in [7, 11) is 0. The summed E-state index contributed by atoms with van der Waals surface area (Å²) in [6.07, 6.45) is -13.0. The van der Waals surface area contributed by atoms with Gasteiger partial charge in [0, 0.05) is 5.56 Å². The Morgan fingerprint density at radius 2 is 1.53 bits per heavy atom. The van der Waals surface area contributed by atoms with Gasteiger partial charge in [0.1, 0.15) is 17.9 Å². The van der Waals surface area contributed by atoms with Gasteiger partial charge in [0.15, 0.2) is 11.5 Å². The van der Waals surface area contributed by atoms with Crippen molar-refractivity contribution in [3.63, 3.8) is 0 Å². The standard InChI is InChI=1S/C29H23F9N4O3/c30-27(31,32)16-39-13-3-4-17-9-11-18(12-10-17)15-45-24-19(5-1-6-21(24)28(33,34)35)22-7-2-8-23(41-22)42-25(29(36,37)38)20(14-40-42)26(43)44/h1-2,5-12,14,39H,3-4,13,15-16H2,(H,43,44). The predicted octanol–water partition coefficient (Wildman–Crippen LogP) is 7.33. The first-order chi connectivity index (χ1) is 21.0. The molecule has 0 aliphatic rings. The molecule has 0 atom stereocenters. The van der Waals surface area contributed by atoms with E-state index in [0.29, 0.717) is 24.6 Å².